The van der Waals surface area contributed by atoms with E-state index in [4.69, 9.17) is 0 Å². The monoisotopic (exact) mass is 401 g/mol. The molecule has 1 aromatic carbocycles. The minimum Gasteiger partial charge on any atom is -0.345 e. The van der Waals surface area contributed by atoms with E-state index < -0.39 is 10.0 Å². The van der Waals surface area contributed by atoms with E-state index in [0.717, 1.165) is 15.2 Å². The molecule has 1 aliphatic rings. The highest BCUT2D eigenvalue weighted by Crippen LogP contribution is 2.26. The van der Waals surface area contributed by atoms with Gasteiger partial charge in [-0.05, 0) is 24.6 Å². The summed E-state index contributed by atoms with van der Waals surface area (Å²) in [6, 6.07) is 5.36. The number of benzene rings is 1. The molecule has 5 nitrogen and oxygen atoms in total. The van der Waals surface area contributed by atoms with Gasteiger partial charge in [0.25, 0.3) is 0 Å². The van der Waals surface area contributed by atoms with Crippen LogP contribution in [0.2, 0.25) is 0 Å². The molecule has 0 radical (unpaired) electrons. The molecule has 1 fully saturated rings. The van der Waals surface area contributed by atoms with E-state index >= 15 is 0 Å². The Morgan fingerprint density at radius 3 is 2.59 bits per heavy atom. The van der Waals surface area contributed by atoms with Crippen molar-refractivity contribution in [3.8, 4) is 0 Å². The zero-order chi connectivity index (χ0) is 15.7. The number of thiazole rings is 1. The molecule has 0 saturated carbocycles. The van der Waals surface area contributed by atoms with E-state index in [0.29, 0.717) is 31.1 Å². The zero-order valence-corrected chi connectivity index (χ0v) is 15.3. The number of halogens is 1. The quantitative estimate of drug-likeness (QED) is 0.793. The summed E-state index contributed by atoms with van der Waals surface area (Å²) in [6.07, 6.45) is 1.77. The van der Waals surface area contributed by atoms with Crippen LogP contribution in [-0.2, 0) is 10.0 Å². The average molecular weight is 402 g/mol. The van der Waals surface area contributed by atoms with Crippen molar-refractivity contribution in [2.24, 2.45) is 0 Å². The molecule has 0 atom stereocenters. The largest absolute Gasteiger partial charge is 0.345 e. The number of piperazine rings is 1. The smallest absolute Gasteiger partial charge is 0.243 e. The molecule has 118 valence electrons. The molecular formula is C14H16BrN3O2S2. The van der Waals surface area contributed by atoms with Gasteiger partial charge < -0.3 is 4.90 Å². The molecule has 0 aliphatic carbocycles. The van der Waals surface area contributed by atoms with Crippen LogP contribution in [0.25, 0.3) is 0 Å². The standard InChI is InChI=1S/C14H16BrN3O2S2/c1-11-2-3-12(15)10-13(11)22(19,20)18-7-5-17(6-8-18)14-16-4-9-21-14/h2-4,9-10H,5-8H2,1H3. The SMILES string of the molecule is Cc1ccc(Br)cc1S(=O)(=O)N1CCN(c2nccs2)CC1. The van der Waals surface area contributed by atoms with Gasteiger partial charge >= 0.3 is 0 Å². The Balaban J connectivity index is 1.79. The van der Waals surface area contributed by atoms with Crippen LogP contribution >= 0.6 is 27.3 Å². The molecule has 1 saturated heterocycles. The second kappa shape index (κ2) is 6.27. The van der Waals surface area contributed by atoms with Crippen LogP contribution < -0.4 is 4.90 Å². The Morgan fingerprint density at radius 1 is 1.23 bits per heavy atom. The van der Waals surface area contributed by atoms with Crippen molar-refractivity contribution in [2.75, 3.05) is 31.1 Å². The molecule has 2 heterocycles. The van der Waals surface area contributed by atoms with Crippen molar-refractivity contribution >= 4 is 42.4 Å². The number of hydrogen-bond donors (Lipinski definition) is 0. The predicted octanol–water partition coefficient (Wildman–Crippen LogP) is 2.72. The third-order valence-corrected chi connectivity index (χ3v) is 7.06. The first-order valence-electron chi connectivity index (χ1n) is 6.89. The highest BCUT2D eigenvalue weighted by molar-refractivity contribution is 9.10. The lowest BCUT2D eigenvalue weighted by molar-refractivity contribution is 0.384. The Labute approximate surface area is 142 Å². The molecule has 2 aromatic rings. The molecule has 22 heavy (non-hydrogen) atoms. The van der Waals surface area contributed by atoms with Crippen molar-refractivity contribution in [1.82, 2.24) is 9.29 Å². The van der Waals surface area contributed by atoms with E-state index in [9.17, 15) is 8.42 Å². The summed E-state index contributed by atoms with van der Waals surface area (Å²) in [6.45, 7) is 4.12. The minimum absolute atomic E-state index is 0.379. The fourth-order valence-corrected chi connectivity index (χ4v) is 5.37. The van der Waals surface area contributed by atoms with Crippen LogP contribution in [0.4, 0.5) is 5.13 Å². The molecular weight excluding hydrogens is 386 g/mol. The lowest BCUT2D eigenvalue weighted by Crippen LogP contribution is -2.48. The van der Waals surface area contributed by atoms with Gasteiger partial charge in [-0.15, -0.1) is 11.3 Å². The normalized spacial score (nSPS) is 16.9. The number of rotatable bonds is 3. The van der Waals surface area contributed by atoms with E-state index in [2.05, 4.69) is 25.8 Å². The number of anilines is 1. The van der Waals surface area contributed by atoms with Crippen LogP contribution in [0.3, 0.4) is 0 Å². The summed E-state index contributed by atoms with van der Waals surface area (Å²) in [4.78, 5) is 6.79. The van der Waals surface area contributed by atoms with E-state index in [1.165, 1.54) is 0 Å². The Bertz CT molecular complexity index is 754. The maximum absolute atomic E-state index is 12.8. The highest BCUT2D eigenvalue weighted by Gasteiger charge is 2.30. The molecule has 1 aliphatic heterocycles. The van der Waals surface area contributed by atoms with Crippen molar-refractivity contribution in [1.29, 1.82) is 0 Å². The molecule has 0 amide bonds. The molecule has 0 bridgehead atoms. The maximum Gasteiger partial charge on any atom is 0.243 e. The second-order valence-electron chi connectivity index (χ2n) is 5.12. The first-order chi connectivity index (χ1) is 10.5. The Kier molecular flexibility index (Phi) is 4.54. The third kappa shape index (κ3) is 3.05. The number of aromatic nitrogens is 1. The van der Waals surface area contributed by atoms with Crippen molar-refractivity contribution in [3.63, 3.8) is 0 Å². The van der Waals surface area contributed by atoms with E-state index in [1.54, 1.807) is 27.9 Å². The van der Waals surface area contributed by atoms with Crippen molar-refractivity contribution < 1.29 is 8.42 Å². The van der Waals surface area contributed by atoms with Gasteiger partial charge in [0.05, 0.1) is 4.90 Å². The Hall–Kier alpha value is -0.960. The van der Waals surface area contributed by atoms with Gasteiger partial charge in [0.1, 0.15) is 0 Å². The molecule has 0 N–H and O–H groups in total. The van der Waals surface area contributed by atoms with Gasteiger partial charge in [-0.3, -0.25) is 0 Å². The van der Waals surface area contributed by atoms with Gasteiger partial charge in [-0.25, -0.2) is 13.4 Å². The van der Waals surface area contributed by atoms with E-state index in [-0.39, 0.29) is 0 Å². The molecule has 8 heteroatoms. The summed E-state index contributed by atoms with van der Waals surface area (Å²) >= 11 is 4.93. The summed E-state index contributed by atoms with van der Waals surface area (Å²) in [5, 5.41) is 2.89. The summed E-state index contributed by atoms with van der Waals surface area (Å²) < 4.78 is 28.0. The van der Waals surface area contributed by atoms with Crippen LogP contribution in [0.15, 0.2) is 39.1 Å². The average Bonchev–Trinajstić information content (AvgIpc) is 3.04. The van der Waals surface area contributed by atoms with Crippen LogP contribution in [-0.4, -0.2) is 43.9 Å². The zero-order valence-electron chi connectivity index (χ0n) is 12.1. The fraction of sp³-hybridized carbons (Fsp3) is 0.357. The van der Waals surface area contributed by atoms with Crippen LogP contribution in [0.5, 0.6) is 0 Å². The lowest BCUT2D eigenvalue weighted by Gasteiger charge is -2.34. The summed E-state index contributed by atoms with van der Waals surface area (Å²) in [7, 11) is -3.45. The third-order valence-electron chi connectivity index (χ3n) is 3.70. The molecule has 3 rings (SSSR count). The van der Waals surface area contributed by atoms with Gasteiger partial charge in [-0.1, -0.05) is 22.0 Å². The van der Waals surface area contributed by atoms with Gasteiger partial charge in [0.2, 0.25) is 10.0 Å². The van der Waals surface area contributed by atoms with Gasteiger partial charge in [0.15, 0.2) is 5.13 Å². The van der Waals surface area contributed by atoms with Crippen LogP contribution in [0.1, 0.15) is 5.56 Å². The first-order valence-corrected chi connectivity index (χ1v) is 10.0. The molecule has 0 unspecified atom stereocenters. The molecule has 0 spiro atoms. The predicted molar refractivity (Wildman–Crippen MR) is 92.0 cm³/mol. The second-order valence-corrected chi connectivity index (χ2v) is 8.81. The van der Waals surface area contributed by atoms with Crippen LogP contribution in [0, 0.1) is 6.92 Å². The summed E-state index contributed by atoms with van der Waals surface area (Å²) in [5.74, 6) is 0. The Morgan fingerprint density at radius 2 is 1.95 bits per heavy atom. The summed E-state index contributed by atoms with van der Waals surface area (Å²) in [5.41, 5.74) is 0.769. The lowest BCUT2D eigenvalue weighted by atomic mass is 10.2. The number of aryl methyl sites for hydroxylation is 1. The highest BCUT2D eigenvalue weighted by atomic mass is 79.9. The minimum atomic E-state index is -3.45. The van der Waals surface area contributed by atoms with Gasteiger partial charge in [0, 0.05) is 42.2 Å². The van der Waals surface area contributed by atoms with E-state index in [1.807, 2.05) is 24.4 Å². The molecule has 1 aromatic heterocycles. The maximum atomic E-state index is 12.8. The topological polar surface area (TPSA) is 53.5 Å². The number of nitrogens with zero attached hydrogens (tertiary/aromatic N) is 3. The first kappa shape index (κ1) is 15.9. The van der Waals surface area contributed by atoms with Gasteiger partial charge in [-0.2, -0.15) is 4.31 Å². The number of sulfonamides is 1. The van der Waals surface area contributed by atoms with Crippen molar-refractivity contribution in [3.05, 3.63) is 39.8 Å². The van der Waals surface area contributed by atoms with Crippen molar-refractivity contribution in [2.45, 2.75) is 11.8 Å². The number of hydrogen-bond acceptors (Lipinski definition) is 5. The fourth-order valence-electron chi connectivity index (χ4n) is 2.48.